The number of hydrogen-bond donors (Lipinski definition) is 1. The average Bonchev–Trinajstić information content (AvgIpc) is 2.43. The van der Waals surface area contributed by atoms with Gasteiger partial charge in [0.1, 0.15) is 11.6 Å². The average molecular weight is 341 g/mol. The molecule has 0 saturated carbocycles. The zero-order chi connectivity index (χ0) is 14.7. The highest BCUT2D eigenvalue weighted by Gasteiger charge is 2.15. The first-order valence-electron chi connectivity index (χ1n) is 6.25. The fourth-order valence-corrected chi connectivity index (χ4v) is 2.38. The van der Waals surface area contributed by atoms with Crippen LogP contribution in [0.2, 0.25) is 0 Å². The highest BCUT2D eigenvalue weighted by atomic mass is 79.9. The van der Waals surface area contributed by atoms with Gasteiger partial charge >= 0.3 is 0 Å². The number of nitrogens with two attached hydrogens (primary N) is 1. The van der Waals surface area contributed by atoms with E-state index >= 15 is 0 Å². The van der Waals surface area contributed by atoms with Gasteiger partial charge in [0.2, 0.25) is 0 Å². The van der Waals surface area contributed by atoms with Gasteiger partial charge in [0.15, 0.2) is 0 Å². The van der Waals surface area contributed by atoms with Gasteiger partial charge in [-0.25, -0.2) is 8.78 Å². The molecule has 0 atom stereocenters. The number of benzene rings is 2. The Morgan fingerprint density at radius 3 is 2.60 bits per heavy atom. The third-order valence-corrected chi connectivity index (χ3v) is 3.72. The van der Waals surface area contributed by atoms with Gasteiger partial charge in [0.05, 0.1) is 4.47 Å². The molecule has 106 valence electrons. The third-order valence-electron chi connectivity index (χ3n) is 3.10. The standard InChI is InChI=1S/C15H15BrF2N2/c1-2-20(11-5-3-4-10(19)8-11)9-12-14(17)7-6-13(16)15(12)18/h3-8H,2,9,19H2,1H3. The van der Waals surface area contributed by atoms with Crippen molar-refractivity contribution >= 4 is 27.3 Å². The van der Waals surface area contributed by atoms with Crippen LogP contribution < -0.4 is 10.6 Å². The minimum Gasteiger partial charge on any atom is -0.399 e. The maximum atomic E-state index is 14.0. The normalized spacial score (nSPS) is 10.6. The second-order valence-corrected chi connectivity index (χ2v) is 5.29. The first-order valence-corrected chi connectivity index (χ1v) is 7.05. The van der Waals surface area contributed by atoms with E-state index in [4.69, 9.17) is 5.73 Å². The molecule has 0 aliphatic rings. The maximum Gasteiger partial charge on any atom is 0.145 e. The summed E-state index contributed by atoms with van der Waals surface area (Å²) in [5.41, 5.74) is 7.25. The van der Waals surface area contributed by atoms with Gasteiger partial charge in [-0.2, -0.15) is 0 Å². The summed E-state index contributed by atoms with van der Waals surface area (Å²) in [5, 5.41) is 0. The van der Waals surface area contributed by atoms with Crippen molar-refractivity contribution in [2.24, 2.45) is 0 Å². The SMILES string of the molecule is CCN(Cc1c(F)ccc(Br)c1F)c1cccc(N)c1. The van der Waals surface area contributed by atoms with E-state index in [0.717, 1.165) is 5.69 Å². The Kier molecular flexibility index (Phi) is 4.60. The van der Waals surface area contributed by atoms with Crippen LogP contribution in [0.5, 0.6) is 0 Å². The minimum atomic E-state index is -0.563. The van der Waals surface area contributed by atoms with Crippen molar-refractivity contribution in [3.8, 4) is 0 Å². The van der Waals surface area contributed by atoms with E-state index in [1.54, 1.807) is 12.1 Å². The highest BCUT2D eigenvalue weighted by Crippen LogP contribution is 2.25. The van der Waals surface area contributed by atoms with Crippen LogP contribution in [0.25, 0.3) is 0 Å². The lowest BCUT2D eigenvalue weighted by Crippen LogP contribution is -2.23. The second-order valence-electron chi connectivity index (χ2n) is 4.43. The zero-order valence-corrected chi connectivity index (χ0v) is 12.6. The van der Waals surface area contributed by atoms with Crippen molar-refractivity contribution in [3.05, 3.63) is 58.1 Å². The second kappa shape index (κ2) is 6.22. The van der Waals surface area contributed by atoms with Crippen LogP contribution in [-0.2, 0) is 6.54 Å². The molecule has 0 saturated heterocycles. The Morgan fingerprint density at radius 1 is 1.20 bits per heavy atom. The van der Waals surface area contributed by atoms with Gasteiger partial charge < -0.3 is 10.6 Å². The number of anilines is 2. The van der Waals surface area contributed by atoms with E-state index in [2.05, 4.69) is 15.9 Å². The zero-order valence-electron chi connectivity index (χ0n) is 11.0. The Labute approximate surface area is 125 Å². The molecule has 0 spiro atoms. The van der Waals surface area contributed by atoms with Crippen molar-refractivity contribution in [2.45, 2.75) is 13.5 Å². The molecule has 0 radical (unpaired) electrons. The first kappa shape index (κ1) is 14.8. The summed E-state index contributed by atoms with van der Waals surface area (Å²) in [4.78, 5) is 1.87. The summed E-state index contributed by atoms with van der Waals surface area (Å²) in [6.45, 7) is 2.70. The summed E-state index contributed by atoms with van der Waals surface area (Å²) >= 11 is 3.08. The lowest BCUT2D eigenvalue weighted by atomic mass is 10.1. The number of halogens is 3. The summed E-state index contributed by atoms with van der Waals surface area (Å²) in [6.07, 6.45) is 0. The Bertz CT molecular complexity index is 617. The molecule has 2 rings (SSSR count). The van der Waals surface area contributed by atoms with Crippen LogP contribution in [-0.4, -0.2) is 6.54 Å². The molecular weight excluding hydrogens is 326 g/mol. The van der Waals surface area contributed by atoms with Gasteiger partial charge in [0, 0.05) is 30.0 Å². The number of nitrogen functional groups attached to an aromatic ring is 1. The van der Waals surface area contributed by atoms with Crippen molar-refractivity contribution < 1.29 is 8.78 Å². The van der Waals surface area contributed by atoms with E-state index in [1.165, 1.54) is 12.1 Å². The lowest BCUT2D eigenvalue weighted by Gasteiger charge is -2.24. The molecule has 2 nitrogen and oxygen atoms in total. The van der Waals surface area contributed by atoms with Gasteiger partial charge in [-0.15, -0.1) is 0 Å². The van der Waals surface area contributed by atoms with Crippen LogP contribution >= 0.6 is 15.9 Å². The van der Waals surface area contributed by atoms with Gasteiger partial charge in [-0.05, 0) is 53.2 Å². The highest BCUT2D eigenvalue weighted by molar-refractivity contribution is 9.10. The molecule has 2 N–H and O–H groups in total. The van der Waals surface area contributed by atoms with Crippen molar-refractivity contribution in [1.29, 1.82) is 0 Å². The molecule has 0 aromatic heterocycles. The van der Waals surface area contributed by atoms with Crippen LogP contribution in [0, 0.1) is 11.6 Å². The molecular formula is C15H15BrF2N2. The molecule has 20 heavy (non-hydrogen) atoms. The van der Waals surface area contributed by atoms with Crippen molar-refractivity contribution in [3.63, 3.8) is 0 Å². The summed E-state index contributed by atoms with van der Waals surface area (Å²) in [6, 6.07) is 9.88. The largest absolute Gasteiger partial charge is 0.399 e. The molecule has 0 unspecified atom stereocenters. The number of hydrogen-bond acceptors (Lipinski definition) is 2. The number of nitrogens with zero attached hydrogens (tertiary/aromatic N) is 1. The monoisotopic (exact) mass is 340 g/mol. The van der Waals surface area contributed by atoms with Crippen LogP contribution in [0.1, 0.15) is 12.5 Å². The Morgan fingerprint density at radius 2 is 1.95 bits per heavy atom. The van der Waals surface area contributed by atoms with Gasteiger partial charge in [0.25, 0.3) is 0 Å². The van der Waals surface area contributed by atoms with Crippen molar-refractivity contribution in [1.82, 2.24) is 0 Å². The predicted molar refractivity (Wildman–Crippen MR) is 81.6 cm³/mol. The molecule has 0 amide bonds. The topological polar surface area (TPSA) is 29.3 Å². The molecule has 2 aromatic rings. The minimum absolute atomic E-state index is 0.0450. The predicted octanol–water partition coefficient (Wildman–Crippen LogP) is 4.34. The van der Waals surface area contributed by atoms with E-state index < -0.39 is 11.6 Å². The number of rotatable bonds is 4. The van der Waals surface area contributed by atoms with Crippen LogP contribution in [0.4, 0.5) is 20.2 Å². The fourth-order valence-electron chi connectivity index (χ4n) is 2.01. The van der Waals surface area contributed by atoms with Crippen molar-refractivity contribution in [2.75, 3.05) is 17.2 Å². The molecule has 0 fully saturated rings. The molecule has 5 heteroatoms. The molecule has 0 bridgehead atoms. The van der Waals surface area contributed by atoms with Crippen LogP contribution in [0.15, 0.2) is 40.9 Å². The Hall–Kier alpha value is -1.62. The quantitative estimate of drug-likeness (QED) is 0.662. The summed E-state index contributed by atoms with van der Waals surface area (Å²) < 4.78 is 28.1. The maximum absolute atomic E-state index is 14.0. The molecule has 2 aromatic carbocycles. The summed E-state index contributed by atoms with van der Waals surface area (Å²) in [5.74, 6) is -1.11. The smallest absolute Gasteiger partial charge is 0.145 e. The van der Waals surface area contributed by atoms with E-state index in [1.807, 2.05) is 24.0 Å². The van der Waals surface area contributed by atoms with Gasteiger partial charge in [-0.3, -0.25) is 0 Å². The summed E-state index contributed by atoms with van der Waals surface area (Å²) in [7, 11) is 0. The Balaban J connectivity index is 2.34. The van der Waals surface area contributed by atoms with E-state index in [9.17, 15) is 8.78 Å². The fraction of sp³-hybridized carbons (Fsp3) is 0.200. The third kappa shape index (κ3) is 3.10. The molecule has 0 aliphatic carbocycles. The first-order chi connectivity index (χ1) is 9.52. The van der Waals surface area contributed by atoms with Crippen LogP contribution in [0.3, 0.4) is 0 Å². The van der Waals surface area contributed by atoms with E-state index in [-0.39, 0.29) is 16.6 Å². The van der Waals surface area contributed by atoms with Gasteiger partial charge in [-0.1, -0.05) is 6.07 Å². The van der Waals surface area contributed by atoms with E-state index in [0.29, 0.717) is 12.2 Å². The lowest BCUT2D eigenvalue weighted by molar-refractivity contribution is 0.547. The molecule has 0 aliphatic heterocycles. The molecule has 0 heterocycles.